The second kappa shape index (κ2) is 7.71. The van der Waals surface area contributed by atoms with Crippen molar-refractivity contribution in [3.8, 4) is 0 Å². The Morgan fingerprint density at radius 3 is 1.70 bits per heavy atom. The van der Waals surface area contributed by atoms with Crippen LogP contribution in [0.5, 0.6) is 0 Å². The molecule has 0 amide bonds. The van der Waals surface area contributed by atoms with E-state index >= 15 is 0 Å². The van der Waals surface area contributed by atoms with Gasteiger partial charge in [-0.15, -0.1) is 0 Å². The van der Waals surface area contributed by atoms with Crippen molar-refractivity contribution in [2.24, 2.45) is 0 Å². The minimum absolute atomic E-state index is 0.160. The fraction of sp³-hybridized carbons (Fsp3) is 0.571. The maximum Gasteiger partial charge on any atom is 0.0936 e. The van der Waals surface area contributed by atoms with E-state index in [1.165, 1.54) is 0 Å². The van der Waals surface area contributed by atoms with Gasteiger partial charge in [-0.2, -0.15) is 0 Å². The highest BCUT2D eigenvalue weighted by Gasteiger charge is 2.30. The van der Waals surface area contributed by atoms with Crippen LogP contribution in [-0.4, -0.2) is 56.5 Å². The Bertz CT molecular complexity index is 550. The first kappa shape index (κ1) is 18.2. The van der Waals surface area contributed by atoms with E-state index in [1.807, 2.05) is 0 Å². The third-order valence-electron chi connectivity index (χ3n) is 3.67. The Morgan fingerprint density at radius 2 is 1.26 bits per heavy atom. The number of epoxide rings is 2. The molecule has 0 spiro atoms. The second-order valence-corrected chi connectivity index (χ2v) is 7.43. The van der Waals surface area contributed by atoms with Crippen molar-refractivity contribution >= 4 is 63.7 Å². The van der Waals surface area contributed by atoms with Gasteiger partial charge in [0, 0.05) is 26.2 Å². The summed E-state index contributed by atoms with van der Waals surface area (Å²) in [6.07, 6.45) is 0.667. The van der Waals surface area contributed by atoms with Gasteiger partial charge in [-0.05, 0) is 0 Å². The van der Waals surface area contributed by atoms with Crippen LogP contribution in [0.3, 0.4) is 0 Å². The van der Waals surface area contributed by atoms with E-state index in [4.69, 9.17) is 67.5 Å². The van der Waals surface area contributed by atoms with E-state index in [2.05, 4.69) is 10.2 Å². The summed E-state index contributed by atoms with van der Waals surface area (Å²) in [6, 6.07) is 0. The van der Waals surface area contributed by atoms with E-state index in [9.17, 15) is 0 Å². The Labute approximate surface area is 159 Å². The van der Waals surface area contributed by atoms with Crippen molar-refractivity contribution in [1.82, 2.24) is 4.90 Å². The van der Waals surface area contributed by atoms with Crippen LogP contribution in [0.25, 0.3) is 0 Å². The third kappa shape index (κ3) is 4.71. The molecule has 2 heterocycles. The van der Waals surface area contributed by atoms with Crippen molar-refractivity contribution in [2.75, 3.05) is 44.7 Å². The van der Waals surface area contributed by atoms with Gasteiger partial charge in [0.05, 0.1) is 56.2 Å². The molecule has 128 valence electrons. The molecule has 23 heavy (non-hydrogen) atoms. The average molecular weight is 421 g/mol. The summed E-state index contributed by atoms with van der Waals surface area (Å²) in [6.45, 7) is 4.87. The quantitative estimate of drug-likeness (QED) is 0.383. The number of ether oxygens (including phenoxy) is 2. The first-order chi connectivity index (χ1) is 11.0. The molecule has 2 aliphatic rings. The lowest BCUT2D eigenvalue weighted by Crippen LogP contribution is -2.35. The van der Waals surface area contributed by atoms with Crippen molar-refractivity contribution in [2.45, 2.75) is 12.2 Å². The number of rotatable bonds is 8. The van der Waals surface area contributed by atoms with E-state index in [0.717, 1.165) is 32.8 Å². The molecule has 0 aliphatic carbocycles. The monoisotopic (exact) mass is 418 g/mol. The van der Waals surface area contributed by atoms with Crippen molar-refractivity contribution in [1.29, 1.82) is 0 Å². The van der Waals surface area contributed by atoms with Crippen LogP contribution in [0.1, 0.15) is 0 Å². The Morgan fingerprint density at radius 1 is 0.826 bits per heavy atom. The predicted octanol–water partition coefficient (Wildman–Crippen LogP) is 4.47. The number of nitrogens with zero attached hydrogens (tertiary/aromatic N) is 1. The lowest BCUT2D eigenvalue weighted by molar-refractivity contribution is 0.226. The van der Waals surface area contributed by atoms with Crippen molar-refractivity contribution in [3.63, 3.8) is 0 Å². The molecule has 2 fully saturated rings. The molecule has 1 N–H and O–H groups in total. The zero-order valence-electron chi connectivity index (χ0n) is 12.1. The molecule has 0 radical (unpaired) electrons. The van der Waals surface area contributed by atoms with Crippen LogP contribution in [0.2, 0.25) is 25.1 Å². The standard InChI is InChI=1S/C14H15Cl5N2O2/c15-9-10(16)12(18)14(13(19)11(9)17)20-1-2-21(3-7-5-22-7)4-8-6-23-8/h7-8,20H,1-6H2. The number of anilines is 1. The first-order valence-corrected chi connectivity index (χ1v) is 9.07. The molecule has 0 aromatic heterocycles. The highest BCUT2D eigenvalue weighted by atomic mass is 35.5. The van der Waals surface area contributed by atoms with Gasteiger partial charge in [-0.1, -0.05) is 58.0 Å². The molecule has 1 aromatic rings. The Hall–Kier alpha value is 0.350. The molecular formula is C14H15Cl5N2O2. The molecule has 3 rings (SSSR count). The number of benzene rings is 1. The van der Waals surface area contributed by atoms with Crippen LogP contribution in [0, 0.1) is 0 Å². The molecular weight excluding hydrogens is 405 g/mol. The molecule has 2 atom stereocenters. The zero-order valence-corrected chi connectivity index (χ0v) is 15.8. The Balaban J connectivity index is 1.60. The molecule has 0 saturated carbocycles. The van der Waals surface area contributed by atoms with Gasteiger partial charge in [0.25, 0.3) is 0 Å². The summed E-state index contributed by atoms with van der Waals surface area (Å²) in [5.41, 5.74) is 0.498. The van der Waals surface area contributed by atoms with Gasteiger partial charge in [-0.25, -0.2) is 0 Å². The predicted molar refractivity (Wildman–Crippen MR) is 95.9 cm³/mol. The molecule has 2 aliphatic heterocycles. The van der Waals surface area contributed by atoms with Gasteiger partial charge in [0.1, 0.15) is 0 Å². The molecule has 2 saturated heterocycles. The van der Waals surface area contributed by atoms with Crippen molar-refractivity contribution < 1.29 is 9.47 Å². The fourth-order valence-corrected chi connectivity index (χ4v) is 3.55. The normalized spacial score (nSPS) is 22.5. The Kier molecular flexibility index (Phi) is 6.08. The lowest BCUT2D eigenvalue weighted by Gasteiger charge is -2.22. The molecule has 0 bridgehead atoms. The average Bonchev–Trinajstić information content (AvgIpc) is 3.43. The molecule has 2 unspecified atom stereocenters. The van der Waals surface area contributed by atoms with E-state index in [-0.39, 0.29) is 25.1 Å². The highest BCUT2D eigenvalue weighted by molar-refractivity contribution is 6.56. The maximum absolute atomic E-state index is 6.20. The zero-order chi connectivity index (χ0) is 16.6. The summed E-state index contributed by atoms with van der Waals surface area (Å²) in [5, 5.41) is 4.29. The fourth-order valence-electron chi connectivity index (χ4n) is 2.28. The number of halogens is 5. The van der Waals surface area contributed by atoms with Crippen LogP contribution in [0.15, 0.2) is 0 Å². The summed E-state index contributed by atoms with van der Waals surface area (Å²) >= 11 is 30.5. The van der Waals surface area contributed by atoms with Crippen molar-refractivity contribution in [3.05, 3.63) is 25.1 Å². The van der Waals surface area contributed by atoms with E-state index in [1.54, 1.807) is 0 Å². The summed E-state index contributed by atoms with van der Waals surface area (Å²) in [5.74, 6) is 0. The summed E-state index contributed by atoms with van der Waals surface area (Å²) in [4.78, 5) is 2.29. The van der Waals surface area contributed by atoms with Gasteiger partial charge < -0.3 is 14.8 Å². The third-order valence-corrected chi connectivity index (χ3v) is 5.94. The molecule has 4 nitrogen and oxygen atoms in total. The van der Waals surface area contributed by atoms with Gasteiger partial charge >= 0.3 is 0 Å². The topological polar surface area (TPSA) is 40.3 Å². The van der Waals surface area contributed by atoms with E-state index in [0.29, 0.717) is 24.4 Å². The van der Waals surface area contributed by atoms with E-state index < -0.39 is 0 Å². The molecule has 9 heteroatoms. The second-order valence-electron chi connectivity index (χ2n) is 5.54. The maximum atomic E-state index is 6.20. The van der Waals surface area contributed by atoms with Crippen LogP contribution in [-0.2, 0) is 9.47 Å². The van der Waals surface area contributed by atoms with Crippen LogP contribution in [0.4, 0.5) is 5.69 Å². The van der Waals surface area contributed by atoms with Crippen LogP contribution >= 0.6 is 58.0 Å². The summed E-state index contributed by atoms with van der Waals surface area (Å²) < 4.78 is 10.6. The number of hydrogen-bond donors (Lipinski definition) is 1. The highest BCUT2D eigenvalue weighted by Crippen LogP contribution is 2.46. The number of nitrogens with one attached hydrogen (secondary N) is 1. The first-order valence-electron chi connectivity index (χ1n) is 7.18. The van der Waals surface area contributed by atoms with Gasteiger partial charge in [0.15, 0.2) is 0 Å². The minimum Gasteiger partial charge on any atom is -0.381 e. The lowest BCUT2D eigenvalue weighted by atomic mass is 10.3. The summed E-state index contributed by atoms with van der Waals surface area (Å²) in [7, 11) is 0. The van der Waals surface area contributed by atoms with Gasteiger partial charge in [-0.3, -0.25) is 4.90 Å². The largest absolute Gasteiger partial charge is 0.381 e. The number of hydrogen-bond acceptors (Lipinski definition) is 4. The SMILES string of the molecule is Clc1c(Cl)c(Cl)c(NCCN(CC2CO2)CC2CO2)c(Cl)c1Cl. The minimum atomic E-state index is 0.160. The van der Waals surface area contributed by atoms with Gasteiger partial charge in [0.2, 0.25) is 0 Å². The van der Waals surface area contributed by atoms with Crippen LogP contribution < -0.4 is 5.32 Å². The smallest absolute Gasteiger partial charge is 0.0936 e. The molecule has 1 aromatic carbocycles.